The number of carbonyl (C=O) groups excluding carboxylic acids is 1. The molecule has 0 fully saturated rings. The van der Waals surface area contributed by atoms with Gasteiger partial charge in [-0.05, 0) is 6.42 Å². The summed E-state index contributed by atoms with van der Waals surface area (Å²) in [7, 11) is 0. The van der Waals surface area contributed by atoms with Crippen LogP contribution in [0.5, 0.6) is 0 Å². The number of halogens is 1. The van der Waals surface area contributed by atoms with Gasteiger partial charge in [0.25, 0.3) is 5.91 Å². The van der Waals surface area contributed by atoms with Gasteiger partial charge >= 0.3 is 0 Å². The van der Waals surface area contributed by atoms with Gasteiger partial charge in [0.15, 0.2) is 0 Å². The van der Waals surface area contributed by atoms with Crippen LogP contribution in [0.4, 0.5) is 0 Å². The summed E-state index contributed by atoms with van der Waals surface area (Å²) in [6.45, 7) is 2.14. The van der Waals surface area contributed by atoms with E-state index in [-0.39, 0.29) is 4.58 Å². The van der Waals surface area contributed by atoms with Gasteiger partial charge in [-0.25, -0.2) is 0 Å². The van der Waals surface area contributed by atoms with Gasteiger partial charge in [-0.2, -0.15) is 0 Å². The third-order valence-electron chi connectivity index (χ3n) is 1.70. The zero-order valence-corrected chi connectivity index (χ0v) is 8.18. The van der Waals surface area contributed by atoms with Crippen LogP contribution in [0, 0.1) is 0 Å². The van der Waals surface area contributed by atoms with Crippen molar-refractivity contribution in [2.45, 2.75) is 45.4 Å². The first kappa shape index (κ1) is 11.7. The Morgan fingerprint density at radius 3 is 2.42 bits per heavy atom. The summed E-state index contributed by atoms with van der Waals surface area (Å²) in [4.78, 5) is 10.7. The van der Waals surface area contributed by atoms with Crippen LogP contribution >= 0.6 is 11.8 Å². The molecule has 0 saturated carbocycles. The molecule has 0 saturated heterocycles. The van der Waals surface area contributed by atoms with Crippen molar-refractivity contribution in [1.82, 2.24) is 4.58 Å². The Hall–Kier alpha value is -0.280. The van der Waals surface area contributed by atoms with Gasteiger partial charge in [-0.1, -0.05) is 32.6 Å². The lowest BCUT2D eigenvalue weighted by atomic mass is 10.1. The van der Waals surface area contributed by atoms with E-state index < -0.39 is 5.91 Å². The quantitative estimate of drug-likeness (QED) is 0.305. The van der Waals surface area contributed by atoms with Crippen LogP contribution in [-0.2, 0) is 4.79 Å². The fourth-order valence-corrected chi connectivity index (χ4v) is 1.06. The Morgan fingerprint density at radius 2 is 1.92 bits per heavy atom. The van der Waals surface area contributed by atoms with Crippen LogP contribution in [0.3, 0.4) is 0 Å². The molecule has 1 N–H and O–H groups in total. The summed E-state index contributed by atoms with van der Waals surface area (Å²) >= 11 is 5.01. The molecule has 0 aliphatic heterocycles. The molecule has 72 valence electrons. The van der Waals surface area contributed by atoms with Gasteiger partial charge in [0.05, 0.1) is 0 Å². The minimum absolute atomic E-state index is 0.139. The third kappa shape index (κ3) is 6.43. The topological polar surface area (TPSA) is 40.5 Å². The molecular weight excluding hydrogens is 178 g/mol. The molecule has 3 nitrogen and oxygen atoms in total. The molecular formula is C8H16ClNO2. The summed E-state index contributed by atoms with van der Waals surface area (Å²) in [5.74, 6) is -0.423. The summed E-state index contributed by atoms with van der Waals surface area (Å²) in [6.07, 6.45) is 5.72. The second kappa shape index (κ2) is 7.37. The van der Waals surface area contributed by atoms with Crippen LogP contribution in [0.1, 0.15) is 45.4 Å². The Morgan fingerprint density at radius 1 is 1.33 bits per heavy atom. The van der Waals surface area contributed by atoms with Crippen LogP contribution < -0.4 is 0 Å². The van der Waals surface area contributed by atoms with Crippen molar-refractivity contribution < 1.29 is 10.0 Å². The SMILES string of the molecule is CCCCCCCC(=O)N(O)Cl. The van der Waals surface area contributed by atoms with Gasteiger partial charge in [-0.3, -0.25) is 10.0 Å². The highest BCUT2D eigenvalue weighted by molar-refractivity contribution is 6.19. The Bertz CT molecular complexity index is 128. The first-order chi connectivity index (χ1) is 5.68. The number of amides is 1. The lowest BCUT2D eigenvalue weighted by Gasteiger charge is -2.03. The third-order valence-corrected chi connectivity index (χ3v) is 1.89. The molecule has 0 unspecified atom stereocenters. The number of carbonyl (C=O) groups is 1. The molecule has 0 rings (SSSR count). The summed E-state index contributed by atoms with van der Waals surface area (Å²) < 4.78 is 0.139. The molecule has 0 spiro atoms. The molecule has 0 bridgehead atoms. The second-order valence-electron chi connectivity index (χ2n) is 2.82. The molecule has 4 heteroatoms. The highest BCUT2D eigenvalue weighted by Crippen LogP contribution is 2.06. The number of hydroxylamine groups is 1. The molecule has 0 aromatic carbocycles. The first-order valence-electron chi connectivity index (χ1n) is 4.36. The van der Waals surface area contributed by atoms with Crippen molar-refractivity contribution in [2.75, 3.05) is 0 Å². The Labute approximate surface area is 78.4 Å². The lowest BCUT2D eigenvalue weighted by Crippen LogP contribution is -2.16. The maximum Gasteiger partial charge on any atom is 0.261 e. The van der Waals surface area contributed by atoms with E-state index in [9.17, 15) is 4.79 Å². The molecule has 0 aliphatic rings. The maximum absolute atomic E-state index is 10.7. The number of rotatable bonds is 6. The molecule has 12 heavy (non-hydrogen) atoms. The van der Waals surface area contributed by atoms with E-state index in [0.29, 0.717) is 6.42 Å². The van der Waals surface area contributed by atoms with Crippen molar-refractivity contribution in [3.63, 3.8) is 0 Å². The highest BCUT2D eigenvalue weighted by Gasteiger charge is 2.06. The molecule has 0 heterocycles. The van der Waals surface area contributed by atoms with Gasteiger partial charge in [-0.15, -0.1) is 4.58 Å². The van der Waals surface area contributed by atoms with Gasteiger partial charge in [0.1, 0.15) is 0 Å². The fraction of sp³-hybridized carbons (Fsp3) is 0.875. The van der Waals surface area contributed by atoms with E-state index in [0.717, 1.165) is 19.3 Å². The van der Waals surface area contributed by atoms with E-state index >= 15 is 0 Å². The van der Waals surface area contributed by atoms with Crippen molar-refractivity contribution in [1.29, 1.82) is 0 Å². The van der Waals surface area contributed by atoms with Crippen molar-refractivity contribution in [3.05, 3.63) is 0 Å². The van der Waals surface area contributed by atoms with Gasteiger partial charge in [0.2, 0.25) is 0 Å². The molecule has 0 aliphatic carbocycles. The zero-order valence-electron chi connectivity index (χ0n) is 7.42. The van der Waals surface area contributed by atoms with Gasteiger partial charge in [0, 0.05) is 18.2 Å². The minimum atomic E-state index is -0.423. The van der Waals surface area contributed by atoms with E-state index in [1.54, 1.807) is 0 Å². The summed E-state index contributed by atoms with van der Waals surface area (Å²) in [5.41, 5.74) is 0. The molecule has 1 amide bonds. The Balaban J connectivity index is 3.14. The average molecular weight is 194 g/mol. The highest BCUT2D eigenvalue weighted by atomic mass is 35.5. The van der Waals surface area contributed by atoms with E-state index in [2.05, 4.69) is 6.92 Å². The van der Waals surface area contributed by atoms with E-state index in [1.807, 2.05) is 0 Å². The zero-order chi connectivity index (χ0) is 9.40. The normalized spacial score (nSPS) is 9.92. The van der Waals surface area contributed by atoms with Crippen LogP contribution in [-0.4, -0.2) is 15.7 Å². The summed E-state index contributed by atoms with van der Waals surface area (Å²) in [5, 5.41) is 8.47. The number of nitrogens with zero attached hydrogens (tertiary/aromatic N) is 1. The maximum atomic E-state index is 10.7. The molecule has 0 atom stereocenters. The smallest absolute Gasteiger partial charge is 0.261 e. The molecule has 0 aromatic heterocycles. The number of hydrogen-bond donors (Lipinski definition) is 1. The van der Waals surface area contributed by atoms with E-state index in [1.165, 1.54) is 12.8 Å². The van der Waals surface area contributed by atoms with Crippen LogP contribution in [0.25, 0.3) is 0 Å². The predicted molar refractivity (Wildman–Crippen MR) is 47.9 cm³/mol. The summed E-state index contributed by atoms with van der Waals surface area (Å²) in [6, 6.07) is 0. The van der Waals surface area contributed by atoms with Crippen molar-refractivity contribution >= 4 is 17.7 Å². The van der Waals surface area contributed by atoms with Crippen LogP contribution in [0.2, 0.25) is 0 Å². The van der Waals surface area contributed by atoms with Crippen molar-refractivity contribution in [2.24, 2.45) is 0 Å². The second-order valence-corrected chi connectivity index (χ2v) is 3.14. The predicted octanol–water partition coefficient (Wildman–Crippen LogP) is 2.72. The van der Waals surface area contributed by atoms with E-state index in [4.69, 9.17) is 17.0 Å². The lowest BCUT2D eigenvalue weighted by molar-refractivity contribution is -0.146. The minimum Gasteiger partial charge on any atom is -0.271 e. The largest absolute Gasteiger partial charge is 0.271 e. The standard InChI is InChI=1S/C8H16ClNO2/c1-2-3-4-5-6-7-8(11)10(9)12/h12H,2-7H2,1H3. The Kier molecular flexibility index (Phi) is 7.20. The number of unbranched alkanes of at least 4 members (excludes halogenated alkanes) is 4. The number of hydrogen-bond acceptors (Lipinski definition) is 2. The average Bonchev–Trinajstić information content (AvgIpc) is 2.03. The first-order valence-corrected chi connectivity index (χ1v) is 4.70. The van der Waals surface area contributed by atoms with Crippen molar-refractivity contribution in [3.8, 4) is 0 Å². The monoisotopic (exact) mass is 193 g/mol. The van der Waals surface area contributed by atoms with Crippen LogP contribution in [0.15, 0.2) is 0 Å². The molecule has 0 aromatic rings. The molecule has 0 radical (unpaired) electrons. The van der Waals surface area contributed by atoms with Gasteiger partial charge < -0.3 is 0 Å². The fourth-order valence-electron chi connectivity index (χ4n) is 0.972.